The van der Waals surface area contributed by atoms with Crippen molar-refractivity contribution in [2.75, 3.05) is 6.61 Å². The number of hydrogen-bond donors (Lipinski definition) is 4. The lowest BCUT2D eigenvalue weighted by Gasteiger charge is -2.17. The molecule has 12 heavy (non-hydrogen) atoms. The van der Waals surface area contributed by atoms with E-state index >= 15 is 0 Å². The summed E-state index contributed by atoms with van der Waals surface area (Å²) < 4.78 is 12.5. The highest BCUT2D eigenvalue weighted by Crippen LogP contribution is 2.37. The fourth-order valence-electron chi connectivity index (χ4n) is 0.272. The number of thiol groups is 1. The zero-order valence-electron chi connectivity index (χ0n) is 6.17. The van der Waals surface area contributed by atoms with Crippen LogP contribution in [0.3, 0.4) is 0 Å². The summed E-state index contributed by atoms with van der Waals surface area (Å²) in [5, 5.41) is 8.43. The predicted octanol–water partition coefficient (Wildman–Crippen LogP) is -0.131. The molecule has 72 valence electrons. The number of hydrogen-bond acceptors (Lipinski definition) is 4. The molecule has 0 aromatic heterocycles. The molecule has 0 aliphatic carbocycles. The van der Waals surface area contributed by atoms with Crippen LogP contribution in [0.5, 0.6) is 0 Å². The van der Waals surface area contributed by atoms with Crippen LogP contribution in [0.25, 0.3) is 0 Å². The Hall–Kier alpha value is -0.0700. The van der Waals surface area contributed by atoms with Gasteiger partial charge >= 0.3 is 13.8 Å². The largest absolute Gasteiger partial charge is 0.480 e. The molecule has 0 saturated heterocycles. The number of carboxylic acids is 1. The van der Waals surface area contributed by atoms with E-state index in [1.54, 1.807) is 0 Å². The standard InChI is InChI=1S/C4H9O6PS/c1-4(12,3(5)6)2-10-11(7,8)9/h12H,2H2,1H3,(H,5,6)(H2,7,8,9). The molecule has 0 bridgehead atoms. The minimum atomic E-state index is -4.61. The minimum Gasteiger partial charge on any atom is -0.480 e. The molecule has 0 heterocycles. The van der Waals surface area contributed by atoms with E-state index in [2.05, 4.69) is 17.2 Å². The summed E-state index contributed by atoms with van der Waals surface area (Å²) in [6.45, 7) is 0.518. The molecule has 0 aliphatic heterocycles. The zero-order chi connectivity index (χ0) is 9.99. The van der Waals surface area contributed by atoms with Gasteiger partial charge in [0, 0.05) is 0 Å². The first-order valence-electron chi connectivity index (χ1n) is 2.81. The molecule has 0 aliphatic rings. The van der Waals surface area contributed by atoms with Crippen LogP contribution in [0.2, 0.25) is 0 Å². The van der Waals surface area contributed by atoms with Gasteiger partial charge in [-0.15, -0.1) is 0 Å². The number of phosphoric acid groups is 1. The molecule has 6 nitrogen and oxygen atoms in total. The van der Waals surface area contributed by atoms with Crippen molar-refractivity contribution in [2.45, 2.75) is 11.7 Å². The summed E-state index contributed by atoms with van der Waals surface area (Å²) in [5.41, 5.74) is 0. The van der Waals surface area contributed by atoms with Crippen molar-refractivity contribution in [1.82, 2.24) is 0 Å². The second-order valence-electron chi connectivity index (χ2n) is 2.34. The average molecular weight is 216 g/mol. The van der Waals surface area contributed by atoms with Gasteiger partial charge in [0.1, 0.15) is 4.75 Å². The topological polar surface area (TPSA) is 104 Å². The highest BCUT2D eigenvalue weighted by Gasteiger charge is 2.32. The normalized spacial score (nSPS) is 17.0. The van der Waals surface area contributed by atoms with Crippen molar-refractivity contribution in [2.24, 2.45) is 0 Å². The van der Waals surface area contributed by atoms with Crippen LogP contribution < -0.4 is 0 Å². The Labute approximate surface area is 74.2 Å². The van der Waals surface area contributed by atoms with Gasteiger partial charge in [0.25, 0.3) is 0 Å². The van der Waals surface area contributed by atoms with Crippen LogP contribution in [0.1, 0.15) is 6.92 Å². The van der Waals surface area contributed by atoms with Gasteiger partial charge in [0.05, 0.1) is 6.61 Å². The molecule has 0 aromatic rings. The smallest absolute Gasteiger partial charge is 0.469 e. The van der Waals surface area contributed by atoms with Crippen LogP contribution in [0.15, 0.2) is 0 Å². The molecule has 1 unspecified atom stereocenters. The number of rotatable bonds is 4. The quantitative estimate of drug-likeness (QED) is 0.385. The first-order valence-corrected chi connectivity index (χ1v) is 4.79. The van der Waals surface area contributed by atoms with Crippen molar-refractivity contribution in [3.05, 3.63) is 0 Å². The van der Waals surface area contributed by atoms with Crippen molar-refractivity contribution >= 4 is 26.4 Å². The van der Waals surface area contributed by atoms with Gasteiger partial charge in [-0.1, -0.05) is 0 Å². The molecular weight excluding hydrogens is 207 g/mol. The van der Waals surface area contributed by atoms with E-state index in [1.807, 2.05) is 0 Å². The average Bonchev–Trinajstić information content (AvgIpc) is 1.82. The van der Waals surface area contributed by atoms with Gasteiger partial charge in [-0.2, -0.15) is 12.6 Å². The molecule has 8 heteroatoms. The van der Waals surface area contributed by atoms with Gasteiger partial charge in [0.2, 0.25) is 0 Å². The molecule has 0 fully saturated rings. The zero-order valence-corrected chi connectivity index (χ0v) is 7.96. The lowest BCUT2D eigenvalue weighted by atomic mass is 10.2. The lowest BCUT2D eigenvalue weighted by molar-refractivity contribution is -0.140. The Morgan fingerprint density at radius 1 is 1.67 bits per heavy atom. The Morgan fingerprint density at radius 2 is 2.08 bits per heavy atom. The highest BCUT2D eigenvalue weighted by molar-refractivity contribution is 7.82. The highest BCUT2D eigenvalue weighted by atomic mass is 32.1. The van der Waals surface area contributed by atoms with E-state index < -0.39 is 25.1 Å². The lowest BCUT2D eigenvalue weighted by Crippen LogP contribution is -2.33. The van der Waals surface area contributed by atoms with E-state index in [0.29, 0.717) is 0 Å². The van der Waals surface area contributed by atoms with Crippen LogP contribution >= 0.6 is 20.5 Å². The third-order valence-corrected chi connectivity index (χ3v) is 1.76. The maximum absolute atomic E-state index is 10.3. The summed E-state index contributed by atoms with van der Waals surface area (Å²) >= 11 is 3.63. The SMILES string of the molecule is CC(S)(COP(=O)(O)O)C(=O)O. The van der Waals surface area contributed by atoms with Crippen molar-refractivity contribution in [1.29, 1.82) is 0 Å². The van der Waals surface area contributed by atoms with E-state index in [-0.39, 0.29) is 0 Å². The van der Waals surface area contributed by atoms with E-state index in [9.17, 15) is 9.36 Å². The van der Waals surface area contributed by atoms with Crippen LogP contribution in [0.4, 0.5) is 0 Å². The second kappa shape index (κ2) is 3.76. The van der Waals surface area contributed by atoms with Gasteiger partial charge < -0.3 is 14.9 Å². The molecule has 0 radical (unpaired) electrons. The number of aliphatic carboxylic acids is 1. The van der Waals surface area contributed by atoms with E-state index in [1.165, 1.54) is 6.92 Å². The third-order valence-electron chi connectivity index (χ3n) is 0.975. The summed E-state index contributed by atoms with van der Waals surface area (Å²) in [5.74, 6) is -1.31. The summed E-state index contributed by atoms with van der Waals surface area (Å²) in [4.78, 5) is 26.8. The van der Waals surface area contributed by atoms with Gasteiger partial charge in [-0.05, 0) is 6.92 Å². The molecule has 3 N–H and O–H groups in total. The van der Waals surface area contributed by atoms with E-state index in [4.69, 9.17) is 14.9 Å². The first kappa shape index (κ1) is 11.9. The summed E-state index contributed by atoms with van der Waals surface area (Å²) in [6, 6.07) is 0. The second-order valence-corrected chi connectivity index (χ2v) is 4.57. The fourth-order valence-corrected chi connectivity index (χ4v) is 0.864. The van der Waals surface area contributed by atoms with Crippen molar-refractivity contribution in [3.63, 3.8) is 0 Å². The molecule has 0 spiro atoms. The maximum atomic E-state index is 10.3. The van der Waals surface area contributed by atoms with Crippen molar-refractivity contribution in [3.8, 4) is 0 Å². The molecule has 0 saturated carbocycles. The monoisotopic (exact) mass is 216 g/mol. The number of carbonyl (C=O) groups is 1. The Morgan fingerprint density at radius 3 is 2.33 bits per heavy atom. The van der Waals surface area contributed by atoms with Gasteiger partial charge in [-0.3, -0.25) is 9.32 Å². The summed E-state index contributed by atoms with van der Waals surface area (Å²) in [7, 11) is -4.61. The molecule has 0 rings (SSSR count). The van der Waals surface area contributed by atoms with Crippen LogP contribution in [-0.4, -0.2) is 32.2 Å². The van der Waals surface area contributed by atoms with Crippen LogP contribution in [-0.2, 0) is 13.9 Å². The molecular formula is C4H9O6PS. The molecule has 0 aromatic carbocycles. The third kappa shape index (κ3) is 4.74. The van der Waals surface area contributed by atoms with Gasteiger partial charge in [0.15, 0.2) is 0 Å². The summed E-state index contributed by atoms with van der Waals surface area (Å²) in [6.07, 6.45) is 0. The van der Waals surface area contributed by atoms with Crippen molar-refractivity contribution < 1.29 is 28.8 Å². The Bertz CT molecular complexity index is 220. The minimum absolute atomic E-state index is 0.657. The maximum Gasteiger partial charge on any atom is 0.469 e. The fraction of sp³-hybridized carbons (Fsp3) is 0.750. The van der Waals surface area contributed by atoms with E-state index in [0.717, 1.165) is 0 Å². The van der Waals surface area contributed by atoms with Crippen LogP contribution in [0, 0.1) is 0 Å². The van der Waals surface area contributed by atoms with Gasteiger partial charge in [-0.25, -0.2) is 4.57 Å². The Kier molecular flexibility index (Phi) is 3.74. The number of carboxylic acid groups (broad SMARTS) is 1. The number of phosphoric ester groups is 1. The first-order chi connectivity index (χ1) is 5.15. The Balaban J connectivity index is 4.10. The molecule has 1 atom stereocenters. The molecule has 0 amide bonds. The predicted molar refractivity (Wildman–Crippen MR) is 43.0 cm³/mol.